The van der Waals surface area contributed by atoms with E-state index in [1.807, 2.05) is 54.6 Å². The molecule has 0 radical (unpaired) electrons. The fourth-order valence-corrected chi connectivity index (χ4v) is 3.12. The Morgan fingerprint density at radius 2 is 1.91 bits per heavy atom. The minimum atomic E-state index is -0.110. The second kappa shape index (κ2) is 6.81. The first-order chi connectivity index (χ1) is 10.7. The van der Waals surface area contributed by atoms with Gasteiger partial charge in [0.2, 0.25) is 0 Å². The van der Waals surface area contributed by atoms with Crippen molar-refractivity contribution in [3.8, 4) is 5.69 Å². The fourth-order valence-electron chi connectivity index (χ4n) is 2.06. The van der Waals surface area contributed by atoms with E-state index in [9.17, 15) is 4.79 Å². The third-order valence-electron chi connectivity index (χ3n) is 3.11. The van der Waals surface area contributed by atoms with E-state index < -0.39 is 0 Å². The summed E-state index contributed by atoms with van der Waals surface area (Å²) in [5, 5.41) is 1.17. The molecule has 0 bridgehead atoms. The van der Waals surface area contributed by atoms with Crippen molar-refractivity contribution in [1.82, 2.24) is 9.55 Å². The Morgan fingerprint density at radius 3 is 2.68 bits per heavy atom. The third kappa shape index (κ3) is 3.40. The van der Waals surface area contributed by atoms with Crippen molar-refractivity contribution < 1.29 is 0 Å². The molecule has 5 heteroatoms. The van der Waals surface area contributed by atoms with Crippen molar-refractivity contribution in [2.24, 2.45) is 0 Å². The van der Waals surface area contributed by atoms with Gasteiger partial charge in [0.05, 0.1) is 0 Å². The topological polar surface area (TPSA) is 34.9 Å². The highest BCUT2D eigenvalue weighted by Crippen LogP contribution is 2.20. The number of benzene rings is 2. The van der Waals surface area contributed by atoms with Crippen LogP contribution in [-0.4, -0.2) is 9.55 Å². The van der Waals surface area contributed by atoms with E-state index in [1.54, 1.807) is 17.0 Å². The lowest BCUT2D eigenvalue weighted by Gasteiger charge is -2.07. The summed E-state index contributed by atoms with van der Waals surface area (Å²) in [4.78, 5) is 16.7. The van der Waals surface area contributed by atoms with Crippen LogP contribution in [0.3, 0.4) is 0 Å². The molecular formula is C17H13ClN2OS. The summed E-state index contributed by atoms with van der Waals surface area (Å²) in [6.45, 7) is 0. The van der Waals surface area contributed by atoms with Gasteiger partial charge in [-0.3, -0.25) is 9.36 Å². The normalized spacial score (nSPS) is 10.6. The summed E-state index contributed by atoms with van der Waals surface area (Å²) in [5.41, 5.74) is 1.79. The standard InChI is InChI=1S/C17H13ClN2OS/c18-14-6-4-5-13(11-14)12-22-16-17(21)20(10-9-19-16)15-7-2-1-3-8-15/h1-11H,12H2. The van der Waals surface area contributed by atoms with Crippen molar-refractivity contribution in [2.45, 2.75) is 10.8 Å². The lowest BCUT2D eigenvalue weighted by atomic mass is 10.2. The first-order valence-corrected chi connectivity index (χ1v) is 8.11. The van der Waals surface area contributed by atoms with E-state index in [0.29, 0.717) is 15.8 Å². The number of aromatic nitrogens is 2. The van der Waals surface area contributed by atoms with Crippen LogP contribution >= 0.6 is 23.4 Å². The Morgan fingerprint density at radius 1 is 1.09 bits per heavy atom. The number of nitrogens with zero attached hydrogens (tertiary/aromatic N) is 2. The van der Waals surface area contributed by atoms with Gasteiger partial charge in [0.25, 0.3) is 5.56 Å². The van der Waals surface area contributed by atoms with Crippen LogP contribution in [0, 0.1) is 0 Å². The molecule has 2 aromatic carbocycles. The molecule has 0 aliphatic rings. The summed E-state index contributed by atoms with van der Waals surface area (Å²) in [7, 11) is 0. The summed E-state index contributed by atoms with van der Waals surface area (Å²) in [6.07, 6.45) is 3.33. The number of hydrogen-bond acceptors (Lipinski definition) is 3. The highest BCUT2D eigenvalue weighted by molar-refractivity contribution is 7.98. The van der Waals surface area contributed by atoms with Gasteiger partial charge >= 0.3 is 0 Å². The van der Waals surface area contributed by atoms with Crippen LogP contribution in [0.4, 0.5) is 0 Å². The highest BCUT2D eigenvalue weighted by atomic mass is 35.5. The molecule has 0 saturated heterocycles. The lowest BCUT2D eigenvalue weighted by molar-refractivity contribution is 0.882. The second-order valence-corrected chi connectivity index (χ2v) is 6.06. The molecule has 3 nitrogen and oxygen atoms in total. The number of halogens is 1. The van der Waals surface area contributed by atoms with Gasteiger partial charge < -0.3 is 0 Å². The minimum Gasteiger partial charge on any atom is -0.280 e. The van der Waals surface area contributed by atoms with Gasteiger partial charge in [0.1, 0.15) is 0 Å². The minimum absolute atomic E-state index is 0.110. The molecule has 3 rings (SSSR count). The zero-order valence-corrected chi connectivity index (χ0v) is 13.2. The molecule has 0 atom stereocenters. The summed E-state index contributed by atoms with van der Waals surface area (Å²) in [5.74, 6) is 0.654. The van der Waals surface area contributed by atoms with Gasteiger partial charge in [-0.1, -0.05) is 53.7 Å². The average molecular weight is 329 g/mol. The molecular weight excluding hydrogens is 316 g/mol. The van der Waals surface area contributed by atoms with Crippen LogP contribution in [0.2, 0.25) is 5.02 Å². The third-order valence-corrected chi connectivity index (χ3v) is 4.37. The van der Waals surface area contributed by atoms with E-state index in [4.69, 9.17) is 11.6 Å². The Balaban J connectivity index is 1.85. The van der Waals surface area contributed by atoms with Crippen LogP contribution < -0.4 is 5.56 Å². The monoisotopic (exact) mass is 328 g/mol. The first kappa shape index (κ1) is 14.9. The SMILES string of the molecule is O=c1c(SCc2cccc(Cl)c2)nccn1-c1ccccc1. The quantitative estimate of drug-likeness (QED) is 0.674. The largest absolute Gasteiger partial charge is 0.287 e. The van der Waals surface area contributed by atoms with Crippen molar-refractivity contribution in [3.63, 3.8) is 0 Å². The Kier molecular flexibility index (Phi) is 4.61. The van der Waals surface area contributed by atoms with Gasteiger partial charge in [-0.05, 0) is 29.8 Å². The lowest BCUT2D eigenvalue weighted by Crippen LogP contribution is -2.20. The molecule has 0 saturated carbocycles. The Labute approximate surface area is 137 Å². The molecule has 0 aliphatic heterocycles. The van der Waals surface area contributed by atoms with E-state index >= 15 is 0 Å². The molecule has 0 fully saturated rings. The molecule has 0 N–H and O–H groups in total. The Hall–Kier alpha value is -2.04. The maximum Gasteiger partial charge on any atom is 0.287 e. The second-order valence-electron chi connectivity index (χ2n) is 4.66. The summed E-state index contributed by atoms with van der Waals surface area (Å²) in [6, 6.07) is 17.1. The predicted molar refractivity (Wildman–Crippen MR) is 90.8 cm³/mol. The molecule has 110 valence electrons. The van der Waals surface area contributed by atoms with Gasteiger partial charge in [0, 0.05) is 28.9 Å². The molecule has 3 aromatic rings. The smallest absolute Gasteiger partial charge is 0.280 e. The molecule has 22 heavy (non-hydrogen) atoms. The molecule has 0 unspecified atom stereocenters. The van der Waals surface area contributed by atoms with E-state index in [1.165, 1.54) is 11.8 Å². The zero-order valence-electron chi connectivity index (χ0n) is 11.6. The van der Waals surface area contributed by atoms with Crippen LogP contribution in [0.1, 0.15) is 5.56 Å². The van der Waals surface area contributed by atoms with Crippen LogP contribution in [0.5, 0.6) is 0 Å². The molecule has 1 aromatic heterocycles. The fraction of sp³-hybridized carbons (Fsp3) is 0.0588. The maximum absolute atomic E-state index is 12.5. The van der Waals surface area contributed by atoms with E-state index in [-0.39, 0.29) is 5.56 Å². The van der Waals surface area contributed by atoms with Crippen molar-refractivity contribution in [1.29, 1.82) is 0 Å². The number of thioether (sulfide) groups is 1. The Bertz CT molecular complexity index is 833. The first-order valence-electron chi connectivity index (χ1n) is 6.74. The van der Waals surface area contributed by atoms with Gasteiger partial charge in [0.15, 0.2) is 5.03 Å². The van der Waals surface area contributed by atoms with E-state index in [2.05, 4.69) is 4.98 Å². The molecule has 0 aliphatic carbocycles. The highest BCUT2D eigenvalue weighted by Gasteiger charge is 2.07. The maximum atomic E-state index is 12.5. The van der Waals surface area contributed by atoms with Crippen molar-refractivity contribution in [3.05, 3.63) is 87.9 Å². The number of hydrogen-bond donors (Lipinski definition) is 0. The predicted octanol–water partition coefficient (Wildman–Crippen LogP) is 4.18. The summed E-state index contributed by atoms with van der Waals surface area (Å²) >= 11 is 7.39. The van der Waals surface area contributed by atoms with Gasteiger partial charge in [-0.2, -0.15) is 0 Å². The van der Waals surface area contributed by atoms with Crippen LogP contribution in [-0.2, 0) is 5.75 Å². The number of rotatable bonds is 4. The van der Waals surface area contributed by atoms with Crippen LogP contribution in [0.25, 0.3) is 5.69 Å². The number of para-hydroxylation sites is 1. The zero-order chi connectivity index (χ0) is 15.4. The van der Waals surface area contributed by atoms with Crippen molar-refractivity contribution in [2.75, 3.05) is 0 Å². The molecule has 1 heterocycles. The van der Waals surface area contributed by atoms with Gasteiger partial charge in [-0.15, -0.1) is 0 Å². The molecule has 0 spiro atoms. The van der Waals surface area contributed by atoms with Crippen LogP contribution in [0.15, 0.2) is 76.8 Å². The van der Waals surface area contributed by atoms with E-state index in [0.717, 1.165) is 11.3 Å². The summed E-state index contributed by atoms with van der Waals surface area (Å²) < 4.78 is 1.60. The molecule has 0 amide bonds. The van der Waals surface area contributed by atoms with Crippen molar-refractivity contribution >= 4 is 23.4 Å². The van der Waals surface area contributed by atoms with Gasteiger partial charge in [-0.25, -0.2) is 4.98 Å². The average Bonchev–Trinajstić information content (AvgIpc) is 2.55.